The van der Waals surface area contributed by atoms with Crippen molar-refractivity contribution in [3.8, 4) is 0 Å². The summed E-state index contributed by atoms with van der Waals surface area (Å²) in [6.07, 6.45) is 6.42. The predicted octanol–water partition coefficient (Wildman–Crippen LogP) is 0.759. The molecule has 1 atom stereocenters. The topological polar surface area (TPSA) is 23.5 Å². The molecule has 0 amide bonds. The standard InChI is InChI=1S/C5H7NO.Zn/c7-6-4-2-1-3-5-6;/h1-4,7H,5H2;/i5D;. The van der Waals surface area contributed by atoms with Crippen molar-refractivity contribution < 1.29 is 26.1 Å². The minimum absolute atomic E-state index is 0. The summed E-state index contributed by atoms with van der Waals surface area (Å²) in [6.45, 7) is -0.625. The van der Waals surface area contributed by atoms with Gasteiger partial charge in [-0.05, 0) is 6.08 Å². The van der Waals surface area contributed by atoms with Gasteiger partial charge in [0.1, 0.15) is 0 Å². The van der Waals surface area contributed by atoms with Crippen LogP contribution in [0, 0.1) is 0 Å². The van der Waals surface area contributed by atoms with Gasteiger partial charge >= 0.3 is 0 Å². The fraction of sp³-hybridized carbons (Fsp3) is 0.200. The molecule has 0 saturated carbocycles. The average molecular weight is 164 g/mol. The second kappa shape index (κ2) is 3.82. The molecule has 1 unspecified atom stereocenters. The first-order chi connectivity index (χ1) is 3.80. The first-order valence-electron chi connectivity index (χ1n) is 2.63. The number of nitrogens with zero attached hydrogens (tertiary/aromatic N) is 1. The summed E-state index contributed by atoms with van der Waals surface area (Å²) >= 11 is 0. The molecule has 0 aliphatic carbocycles. The molecule has 40 valence electrons. The Hall–Kier alpha value is -0.137. The van der Waals surface area contributed by atoms with Crippen molar-refractivity contribution in [2.24, 2.45) is 0 Å². The van der Waals surface area contributed by atoms with Crippen molar-refractivity contribution in [1.29, 1.82) is 0 Å². The van der Waals surface area contributed by atoms with Gasteiger partial charge in [-0.2, -0.15) is 0 Å². The Morgan fingerprint density at radius 1 is 1.62 bits per heavy atom. The maximum atomic E-state index is 8.69. The number of hydrogen-bond acceptors (Lipinski definition) is 2. The molecule has 0 aromatic heterocycles. The molecule has 8 heavy (non-hydrogen) atoms. The van der Waals surface area contributed by atoms with Gasteiger partial charge in [-0.15, -0.1) is 0 Å². The average Bonchev–Trinajstić information content (AvgIpc) is 1.77. The predicted molar refractivity (Wildman–Crippen MR) is 26.8 cm³/mol. The van der Waals surface area contributed by atoms with Crippen LogP contribution in [0.5, 0.6) is 0 Å². The molecule has 1 rings (SSSR count). The second-order valence-electron chi connectivity index (χ2n) is 1.26. The summed E-state index contributed by atoms with van der Waals surface area (Å²) in [5.41, 5.74) is 0. The van der Waals surface area contributed by atoms with E-state index in [2.05, 4.69) is 0 Å². The molecule has 1 heterocycles. The van der Waals surface area contributed by atoms with Crippen LogP contribution in [0.1, 0.15) is 1.37 Å². The molecule has 1 N–H and O–H groups in total. The van der Waals surface area contributed by atoms with Crippen LogP contribution in [0.4, 0.5) is 0 Å². The molecule has 3 heteroatoms. The molecule has 1 aliphatic heterocycles. The van der Waals surface area contributed by atoms with E-state index in [-0.39, 0.29) is 19.5 Å². The van der Waals surface area contributed by atoms with E-state index in [1.807, 2.05) is 0 Å². The van der Waals surface area contributed by atoms with Crippen molar-refractivity contribution in [1.82, 2.24) is 5.06 Å². The molecule has 2 nitrogen and oxygen atoms in total. The Morgan fingerprint density at radius 2 is 2.38 bits per heavy atom. The smallest absolute Gasteiger partial charge is 0.0630 e. The quantitative estimate of drug-likeness (QED) is 0.533. The van der Waals surface area contributed by atoms with Gasteiger partial charge in [0.2, 0.25) is 0 Å². The van der Waals surface area contributed by atoms with Gasteiger partial charge in [0.25, 0.3) is 0 Å². The molecule has 0 saturated heterocycles. The van der Waals surface area contributed by atoms with Crippen molar-refractivity contribution in [2.75, 3.05) is 6.52 Å². The number of hydrogen-bond donors (Lipinski definition) is 1. The van der Waals surface area contributed by atoms with Crippen LogP contribution in [0.3, 0.4) is 0 Å². The summed E-state index contributed by atoms with van der Waals surface area (Å²) in [6, 6.07) is 0. The fourth-order valence-electron chi connectivity index (χ4n) is 0.390. The van der Waals surface area contributed by atoms with Gasteiger partial charge in [0.05, 0.1) is 7.89 Å². The zero-order valence-electron chi connectivity index (χ0n) is 5.49. The Kier molecular flexibility index (Phi) is 2.86. The van der Waals surface area contributed by atoms with Gasteiger partial charge < -0.3 is 0 Å². The largest absolute Gasteiger partial charge is 0.289 e. The van der Waals surface area contributed by atoms with Gasteiger partial charge in [-0.3, -0.25) is 10.3 Å². The van der Waals surface area contributed by atoms with E-state index in [0.29, 0.717) is 0 Å². The van der Waals surface area contributed by atoms with E-state index in [4.69, 9.17) is 6.58 Å². The van der Waals surface area contributed by atoms with E-state index in [1.54, 1.807) is 18.2 Å². The molecule has 0 aromatic carbocycles. The Bertz CT molecular complexity index is 121. The molecule has 0 fully saturated rings. The number of hydroxylamine groups is 2. The molecule has 0 spiro atoms. The van der Waals surface area contributed by atoms with Gasteiger partial charge in [0, 0.05) is 25.7 Å². The summed E-state index contributed by atoms with van der Waals surface area (Å²) in [5, 5.41) is 9.52. The van der Waals surface area contributed by atoms with E-state index < -0.39 is 6.52 Å². The molecule has 0 radical (unpaired) electrons. The van der Waals surface area contributed by atoms with E-state index in [1.165, 1.54) is 6.20 Å². The first kappa shape index (κ1) is 5.99. The van der Waals surface area contributed by atoms with Crippen LogP contribution in [0.2, 0.25) is 0 Å². The fourth-order valence-corrected chi connectivity index (χ4v) is 0.390. The molecule has 0 aromatic rings. The Balaban J connectivity index is 0.000000640. The van der Waals surface area contributed by atoms with Crippen LogP contribution < -0.4 is 0 Å². The van der Waals surface area contributed by atoms with Crippen LogP contribution >= 0.6 is 0 Å². The third-order valence-corrected chi connectivity index (χ3v) is 0.700. The van der Waals surface area contributed by atoms with Crippen LogP contribution in [0.15, 0.2) is 24.4 Å². The van der Waals surface area contributed by atoms with Gasteiger partial charge in [0.15, 0.2) is 0 Å². The maximum absolute atomic E-state index is 8.69. The summed E-state index contributed by atoms with van der Waals surface area (Å²) in [7, 11) is 0. The molecular formula is C5H7NOZn. The normalized spacial score (nSPS) is 26.9. The Labute approximate surface area is 62.6 Å². The van der Waals surface area contributed by atoms with Crippen LogP contribution in [0.25, 0.3) is 0 Å². The van der Waals surface area contributed by atoms with Crippen molar-refractivity contribution >= 4 is 0 Å². The van der Waals surface area contributed by atoms with Crippen molar-refractivity contribution in [2.45, 2.75) is 0 Å². The van der Waals surface area contributed by atoms with Gasteiger partial charge in [-0.1, -0.05) is 12.2 Å². The third kappa shape index (κ3) is 2.24. The third-order valence-electron chi connectivity index (χ3n) is 0.700. The first-order valence-corrected chi connectivity index (χ1v) is 2.05. The summed E-state index contributed by atoms with van der Waals surface area (Å²) in [5.74, 6) is 0. The SMILES string of the molecule is [2H]C1C=CC=CN1O.[Zn]. The van der Waals surface area contributed by atoms with E-state index in [9.17, 15) is 0 Å². The minimum Gasteiger partial charge on any atom is -0.289 e. The van der Waals surface area contributed by atoms with Crippen molar-refractivity contribution in [3.63, 3.8) is 0 Å². The monoisotopic (exact) mass is 162 g/mol. The maximum Gasteiger partial charge on any atom is 0.0630 e. The van der Waals surface area contributed by atoms with E-state index >= 15 is 0 Å². The molecule has 1 aliphatic rings. The zero-order valence-corrected chi connectivity index (χ0v) is 7.46. The van der Waals surface area contributed by atoms with Crippen molar-refractivity contribution in [3.05, 3.63) is 24.4 Å². The zero-order chi connectivity index (χ0) is 5.98. The van der Waals surface area contributed by atoms with E-state index in [0.717, 1.165) is 5.06 Å². The summed E-state index contributed by atoms with van der Waals surface area (Å²) in [4.78, 5) is 0. The number of allylic oxidation sites excluding steroid dienone is 2. The van der Waals surface area contributed by atoms with Crippen LogP contribution in [-0.4, -0.2) is 16.8 Å². The Morgan fingerprint density at radius 3 is 2.75 bits per heavy atom. The summed E-state index contributed by atoms with van der Waals surface area (Å²) < 4.78 is 7.02. The van der Waals surface area contributed by atoms with Crippen LogP contribution in [-0.2, 0) is 19.5 Å². The molecule has 0 bridgehead atoms. The number of rotatable bonds is 0. The molecular weight excluding hydrogens is 155 g/mol. The second-order valence-corrected chi connectivity index (χ2v) is 1.26. The minimum atomic E-state index is -0.625. The van der Waals surface area contributed by atoms with Gasteiger partial charge in [-0.25, -0.2) is 0 Å².